The van der Waals surface area contributed by atoms with E-state index in [0.717, 1.165) is 0 Å². The maximum Gasteiger partial charge on any atom is 0.188 e. The van der Waals surface area contributed by atoms with Crippen molar-refractivity contribution in [1.29, 1.82) is 0 Å². The van der Waals surface area contributed by atoms with Crippen LogP contribution in [0.25, 0.3) is 0 Å². The summed E-state index contributed by atoms with van der Waals surface area (Å²) in [6.07, 6.45) is 0.371. The molecule has 0 spiro atoms. The summed E-state index contributed by atoms with van der Waals surface area (Å²) in [7, 11) is 1.65. The Kier molecular flexibility index (Phi) is 8.74. The second-order valence-electron chi connectivity index (χ2n) is 4.18. The number of rotatable bonds is 5. The third-order valence-electron chi connectivity index (χ3n) is 2.67. The molecule has 4 N–H and O–H groups in total. The van der Waals surface area contributed by atoms with Crippen molar-refractivity contribution in [3.8, 4) is 0 Å². The Morgan fingerprint density at radius 1 is 1.39 bits per heavy atom. The molecule has 0 saturated carbocycles. The fourth-order valence-corrected chi connectivity index (χ4v) is 1.78. The quantitative estimate of drug-likeness (QED) is 0.424. The fourth-order valence-electron chi connectivity index (χ4n) is 1.78. The van der Waals surface area contributed by atoms with Crippen LogP contribution < -0.4 is 11.1 Å². The van der Waals surface area contributed by atoms with Gasteiger partial charge in [-0.2, -0.15) is 0 Å². The average molecular weight is 363 g/mol. The molecule has 0 aliphatic rings. The molecule has 4 nitrogen and oxygen atoms in total. The van der Waals surface area contributed by atoms with Gasteiger partial charge in [0.1, 0.15) is 0 Å². The van der Waals surface area contributed by atoms with Gasteiger partial charge in [-0.25, -0.2) is 0 Å². The Hall–Kier alpha value is -0.820. The van der Waals surface area contributed by atoms with Crippen LogP contribution in [-0.2, 0) is 0 Å². The van der Waals surface area contributed by atoms with Crippen LogP contribution >= 0.6 is 24.0 Å². The molecule has 2 unspecified atom stereocenters. The summed E-state index contributed by atoms with van der Waals surface area (Å²) >= 11 is 0. The van der Waals surface area contributed by atoms with Crippen LogP contribution in [0.4, 0.5) is 0 Å². The van der Waals surface area contributed by atoms with E-state index in [1.165, 1.54) is 5.56 Å². The Morgan fingerprint density at radius 3 is 2.50 bits per heavy atom. The number of nitrogens with zero attached hydrogens (tertiary/aromatic N) is 1. The molecule has 18 heavy (non-hydrogen) atoms. The van der Waals surface area contributed by atoms with Crippen molar-refractivity contribution < 1.29 is 5.11 Å². The van der Waals surface area contributed by atoms with E-state index in [1.54, 1.807) is 14.0 Å². The zero-order valence-electron chi connectivity index (χ0n) is 10.8. The monoisotopic (exact) mass is 363 g/mol. The third-order valence-corrected chi connectivity index (χ3v) is 2.67. The first-order valence-corrected chi connectivity index (χ1v) is 5.82. The van der Waals surface area contributed by atoms with Gasteiger partial charge in [-0.1, -0.05) is 30.3 Å². The average Bonchev–Trinajstić information content (AvgIpc) is 2.34. The van der Waals surface area contributed by atoms with Crippen molar-refractivity contribution in [2.75, 3.05) is 13.6 Å². The molecule has 0 saturated heterocycles. The van der Waals surface area contributed by atoms with Crippen molar-refractivity contribution in [1.82, 2.24) is 5.32 Å². The van der Waals surface area contributed by atoms with Gasteiger partial charge in [0.05, 0.1) is 6.10 Å². The molecule has 0 radical (unpaired) electrons. The van der Waals surface area contributed by atoms with E-state index >= 15 is 0 Å². The summed E-state index contributed by atoms with van der Waals surface area (Å²) in [5.41, 5.74) is 6.81. The lowest BCUT2D eigenvalue weighted by molar-refractivity contribution is 0.174. The number of aliphatic hydroxyl groups is 1. The van der Waals surface area contributed by atoms with Crippen LogP contribution in [0.1, 0.15) is 24.8 Å². The van der Waals surface area contributed by atoms with Crippen LogP contribution in [0, 0.1) is 0 Å². The van der Waals surface area contributed by atoms with Crippen LogP contribution in [0.15, 0.2) is 35.3 Å². The molecule has 0 bridgehead atoms. The maximum atomic E-state index is 9.52. The van der Waals surface area contributed by atoms with Crippen molar-refractivity contribution in [3.05, 3.63) is 35.9 Å². The maximum absolute atomic E-state index is 9.52. The van der Waals surface area contributed by atoms with Crippen molar-refractivity contribution in [2.24, 2.45) is 10.7 Å². The minimum atomic E-state index is -0.332. The van der Waals surface area contributed by atoms with Crippen LogP contribution in [0.5, 0.6) is 0 Å². The highest BCUT2D eigenvalue weighted by atomic mass is 127. The second kappa shape index (κ2) is 9.16. The number of aliphatic imine (C=N–C) groups is 1. The van der Waals surface area contributed by atoms with Gasteiger partial charge >= 0.3 is 0 Å². The number of benzene rings is 1. The van der Waals surface area contributed by atoms with Crippen molar-refractivity contribution >= 4 is 29.9 Å². The molecule has 2 atom stereocenters. The minimum absolute atomic E-state index is 0. The van der Waals surface area contributed by atoms with E-state index in [0.29, 0.717) is 18.9 Å². The number of aliphatic hydroxyl groups excluding tert-OH is 1. The molecular formula is C13H22IN3O. The standard InChI is InChI=1S/C13H21N3O.HI/c1-10(17)8-12(9-16-13(14)15-2)11-6-4-3-5-7-11;/h3-7,10,12,17H,8-9H2,1-2H3,(H3,14,15,16);1H. The van der Waals surface area contributed by atoms with E-state index in [-0.39, 0.29) is 36.0 Å². The molecule has 0 amide bonds. The molecule has 1 aromatic rings. The molecule has 5 heteroatoms. The highest BCUT2D eigenvalue weighted by molar-refractivity contribution is 14.0. The smallest absolute Gasteiger partial charge is 0.188 e. The van der Waals surface area contributed by atoms with Gasteiger partial charge in [-0.05, 0) is 18.9 Å². The number of hydrogen-bond donors (Lipinski definition) is 3. The second-order valence-corrected chi connectivity index (χ2v) is 4.18. The van der Waals surface area contributed by atoms with E-state index in [2.05, 4.69) is 22.4 Å². The summed E-state index contributed by atoms with van der Waals surface area (Å²) in [6.45, 7) is 2.48. The van der Waals surface area contributed by atoms with Crippen molar-refractivity contribution in [3.63, 3.8) is 0 Å². The Bertz CT molecular complexity index is 355. The van der Waals surface area contributed by atoms with E-state index in [1.807, 2.05) is 18.2 Å². The summed E-state index contributed by atoms with van der Waals surface area (Å²) in [4.78, 5) is 3.85. The fraction of sp³-hybridized carbons (Fsp3) is 0.462. The largest absolute Gasteiger partial charge is 0.393 e. The first-order valence-electron chi connectivity index (χ1n) is 5.82. The zero-order chi connectivity index (χ0) is 12.7. The molecule has 0 aliphatic heterocycles. The van der Waals surface area contributed by atoms with Gasteiger partial charge in [-0.3, -0.25) is 4.99 Å². The summed E-state index contributed by atoms with van der Waals surface area (Å²) in [5, 5.41) is 12.6. The summed E-state index contributed by atoms with van der Waals surface area (Å²) in [5.74, 6) is 0.660. The summed E-state index contributed by atoms with van der Waals surface area (Å²) in [6, 6.07) is 10.1. The van der Waals surface area contributed by atoms with Gasteiger partial charge in [-0.15, -0.1) is 24.0 Å². The number of halogens is 1. The van der Waals surface area contributed by atoms with Gasteiger partial charge in [0, 0.05) is 19.5 Å². The molecule has 0 fully saturated rings. The molecule has 0 aliphatic carbocycles. The normalized spacial score (nSPS) is 14.5. The first-order chi connectivity index (χ1) is 8.13. The summed E-state index contributed by atoms with van der Waals surface area (Å²) < 4.78 is 0. The highest BCUT2D eigenvalue weighted by Crippen LogP contribution is 2.20. The predicted molar refractivity (Wildman–Crippen MR) is 86.4 cm³/mol. The Labute approximate surface area is 126 Å². The number of hydrogen-bond acceptors (Lipinski definition) is 2. The van der Waals surface area contributed by atoms with Gasteiger partial charge in [0.25, 0.3) is 0 Å². The first kappa shape index (κ1) is 17.2. The molecular weight excluding hydrogens is 341 g/mol. The van der Waals surface area contributed by atoms with E-state index < -0.39 is 0 Å². The minimum Gasteiger partial charge on any atom is -0.393 e. The molecule has 0 aromatic heterocycles. The molecule has 102 valence electrons. The Morgan fingerprint density at radius 2 is 2.00 bits per heavy atom. The zero-order valence-corrected chi connectivity index (χ0v) is 13.2. The van der Waals surface area contributed by atoms with E-state index in [9.17, 15) is 5.11 Å². The lowest BCUT2D eigenvalue weighted by Crippen LogP contribution is -2.35. The molecule has 1 rings (SSSR count). The SMILES string of the molecule is CN=C(N)NCC(CC(C)O)c1ccccc1.I. The number of nitrogens with two attached hydrogens (primary N) is 1. The van der Waals surface area contributed by atoms with Crippen LogP contribution in [0.3, 0.4) is 0 Å². The number of nitrogens with one attached hydrogen (secondary N) is 1. The lowest BCUT2D eigenvalue weighted by Gasteiger charge is -2.19. The molecule has 0 heterocycles. The molecule has 1 aromatic carbocycles. The van der Waals surface area contributed by atoms with Crippen molar-refractivity contribution in [2.45, 2.75) is 25.4 Å². The highest BCUT2D eigenvalue weighted by Gasteiger charge is 2.14. The number of guanidine groups is 1. The van der Waals surface area contributed by atoms with Crippen LogP contribution in [-0.4, -0.2) is 30.8 Å². The van der Waals surface area contributed by atoms with Gasteiger partial charge < -0.3 is 16.2 Å². The Balaban J connectivity index is 0.00000289. The van der Waals surface area contributed by atoms with E-state index in [4.69, 9.17) is 5.73 Å². The predicted octanol–water partition coefficient (Wildman–Crippen LogP) is 1.69. The lowest BCUT2D eigenvalue weighted by atomic mass is 9.93. The topological polar surface area (TPSA) is 70.6 Å². The third kappa shape index (κ3) is 6.20. The van der Waals surface area contributed by atoms with Gasteiger partial charge in [0.2, 0.25) is 0 Å². The van der Waals surface area contributed by atoms with Gasteiger partial charge in [0.15, 0.2) is 5.96 Å². The van der Waals surface area contributed by atoms with Crippen LogP contribution in [0.2, 0.25) is 0 Å².